The SMILES string of the molecule is O=C(O)C(F)(F)F.O=C1CC(c2ccc(CC(NS(=O)(=O)c3ccc(-c4ccccc4)cc3OC(F)(F)F)c3nc4ccccc4[nH]3)cc2)S(=O)(=O)N1. The summed E-state index contributed by atoms with van der Waals surface area (Å²) in [6, 6.07) is 24.0. The summed E-state index contributed by atoms with van der Waals surface area (Å²) in [4.78, 5) is 27.4. The highest BCUT2D eigenvalue weighted by atomic mass is 32.2. The minimum absolute atomic E-state index is 0.0223. The van der Waals surface area contributed by atoms with Gasteiger partial charge in [0.15, 0.2) is 0 Å². The highest BCUT2D eigenvalue weighted by Gasteiger charge is 2.39. The van der Waals surface area contributed by atoms with Crippen LogP contribution in [0.25, 0.3) is 22.2 Å². The molecule has 2 atom stereocenters. The minimum Gasteiger partial charge on any atom is -0.475 e. The number of rotatable bonds is 9. The number of aliphatic carboxylic acids is 1. The lowest BCUT2D eigenvalue weighted by Crippen LogP contribution is -2.31. The number of nitrogens with zero attached hydrogens (tertiary/aromatic N) is 1. The second kappa shape index (κ2) is 14.9. The van der Waals surface area contributed by atoms with Crippen molar-refractivity contribution in [3.8, 4) is 16.9 Å². The predicted molar refractivity (Wildman–Crippen MR) is 176 cm³/mol. The van der Waals surface area contributed by atoms with Gasteiger partial charge in [0.25, 0.3) is 0 Å². The molecule has 0 aliphatic carbocycles. The van der Waals surface area contributed by atoms with Crippen LogP contribution in [0.1, 0.15) is 34.7 Å². The smallest absolute Gasteiger partial charge is 0.475 e. The highest BCUT2D eigenvalue weighted by molar-refractivity contribution is 7.90. The largest absolute Gasteiger partial charge is 0.573 e. The number of alkyl halides is 6. The van der Waals surface area contributed by atoms with Gasteiger partial charge in [-0.2, -0.15) is 13.2 Å². The Morgan fingerprint density at radius 1 is 0.925 bits per heavy atom. The zero-order valence-corrected chi connectivity index (χ0v) is 28.3. The van der Waals surface area contributed by atoms with E-state index >= 15 is 0 Å². The first-order valence-corrected chi connectivity index (χ1v) is 18.1. The van der Waals surface area contributed by atoms with Gasteiger partial charge in [0.05, 0.1) is 23.5 Å². The van der Waals surface area contributed by atoms with Gasteiger partial charge in [0, 0.05) is 0 Å². The van der Waals surface area contributed by atoms with Crippen molar-refractivity contribution >= 4 is 43.0 Å². The van der Waals surface area contributed by atoms with Crippen LogP contribution in [-0.4, -0.2) is 56.3 Å². The Labute approximate surface area is 296 Å². The number of sulfonamides is 2. The van der Waals surface area contributed by atoms with Crippen LogP contribution in [0.3, 0.4) is 0 Å². The summed E-state index contributed by atoms with van der Waals surface area (Å²) >= 11 is 0. The number of aromatic nitrogens is 2. The number of imidazole rings is 1. The summed E-state index contributed by atoms with van der Waals surface area (Å²) in [5.74, 6) is -4.08. The van der Waals surface area contributed by atoms with Crippen LogP contribution >= 0.6 is 0 Å². The summed E-state index contributed by atoms with van der Waals surface area (Å²) in [5, 5.41) is 6.06. The third-order valence-corrected chi connectivity index (χ3v) is 10.8. The van der Waals surface area contributed by atoms with Gasteiger partial charge in [-0.3, -0.25) is 9.52 Å². The molecule has 2 heterocycles. The summed E-state index contributed by atoms with van der Waals surface area (Å²) < 4.78 is 133. The first kappa shape index (κ1) is 38.8. The number of halogens is 6. The number of aromatic amines is 1. The van der Waals surface area contributed by atoms with Crippen LogP contribution in [-0.2, 0) is 36.1 Å². The van der Waals surface area contributed by atoms with E-state index in [9.17, 15) is 48.0 Å². The molecule has 12 nitrogen and oxygen atoms in total. The molecule has 1 aliphatic heterocycles. The summed E-state index contributed by atoms with van der Waals surface area (Å²) in [7, 11) is -8.54. The van der Waals surface area contributed by atoms with Gasteiger partial charge in [-0.15, -0.1) is 13.2 Å². The highest BCUT2D eigenvalue weighted by Crippen LogP contribution is 2.35. The fraction of sp³-hybridized carbons (Fsp3) is 0.182. The number of carboxylic acids is 1. The molecule has 20 heteroatoms. The lowest BCUT2D eigenvalue weighted by Gasteiger charge is -2.20. The third-order valence-electron chi connectivity index (χ3n) is 7.64. The lowest BCUT2D eigenvalue weighted by atomic mass is 10.0. The molecule has 1 amide bonds. The minimum atomic E-state index is -5.17. The molecule has 0 saturated carbocycles. The number of carbonyl (C=O) groups is 2. The van der Waals surface area contributed by atoms with Gasteiger partial charge in [-0.1, -0.05) is 72.8 Å². The van der Waals surface area contributed by atoms with Crippen molar-refractivity contribution in [1.29, 1.82) is 0 Å². The number of ether oxygens (including phenoxy) is 1. The predicted octanol–water partition coefficient (Wildman–Crippen LogP) is 5.91. The van der Waals surface area contributed by atoms with Gasteiger partial charge >= 0.3 is 18.5 Å². The van der Waals surface area contributed by atoms with E-state index in [1.165, 1.54) is 18.2 Å². The maximum atomic E-state index is 13.8. The number of benzene rings is 4. The molecule has 5 aromatic rings. The summed E-state index contributed by atoms with van der Waals surface area (Å²) in [5.41, 5.74) is 2.94. The quantitative estimate of drug-likeness (QED) is 0.132. The Balaban J connectivity index is 0.000000705. The zero-order valence-electron chi connectivity index (χ0n) is 26.6. The molecule has 6 rings (SSSR count). The van der Waals surface area contributed by atoms with Crippen molar-refractivity contribution in [3.63, 3.8) is 0 Å². The van der Waals surface area contributed by atoms with Crippen molar-refractivity contribution in [2.24, 2.45) is 0 Å². The van der Waals surface area contributed by atoms with E-state index in [2.05, 4.69) is 19.4 Å². The third kappa shape index (κ3) is 9.70. The number of nitrogens with one attached hydrogen (secondary N) is 3. The summed E-state index contributed by atoms with van der Waals surface area (Å²) in [6.45, 7) is 0. The average molecular weight is 785 g/mol. The molecule has 2 unspecified atom stereocenters. The lowest BCUT2D eigenvalue weighted by molar-refractivity contribution is -0.275. The fourth-order valence-corrected chi connectivity index (χ4v) is 8.02. The van der Waals surface area contributed by atoms with Crippen molar-refractivity contribution in [2.75, 3.05) is 0 Å². The van der Waals surface area contributed by atoms with Crippen LogP contribution in [0.4, 0.5) is 26.3 Å². The van der Waals surface area contributed by atoms with Crippen LogP contribution in [0.2, 0.25) is 0 Å². The molecule has 1 fully saturated rings. The van der Waals surface area contributed by atoms with Crippen molar-refractivity contribution in [3.05, 3.63) is 114 Å². The number of hydrogen-bond donors (Lipinski definition) is 4. The molecule has 0 spiro atoms. The maximum Gasteiger partial charge on any atom is 0.573 e. The molecule has 4 aromatic carbocycles. The standard InChI is InChI=1S/C31H25F3N4O6S2.C2HF3O2/c32-31(33,34)44-26-17-22(20-6-2-1-3-7-20)14-15-27(26)45(40,41)37-25(30-35-23-8-4-5-9-24(23)36-30)16-19-10-12-21(13-11-19)28-18-29(39)38-46(28,42)43;3-2(4,5)1(6)7/h1-15,17,25,28,37H,16,18H2,(H,35,36)(H,38,39);(H,6,7). The van der Waals surface area contributed by atoms with E-state index in [-0.39, 0.29) is 18.7 Å². The van der Waals surface area contributed by atoms with Crippen molar-refractivity contribution in [2.45, 2.75) is 41.6 Å². The van der Waals surface area contributed by atoms with Gasteiger partial charge in [0.1, 0.15) is 21.7 Å². The summed E-state index contributed by atoms with van der Waals surface area (Å²) in [6.07, 6.45) is -10.5. The molecule has 53 heavy (non-hydrogen) atoms. The average Bonchev–Trinajstić information content (AvgIpc) is 3.63. The first-order chi connectivity index (χ1) is 24.7. The van der Waals surface area contributed by atoms with E-state index in [1.807, 2.05) is 4.72 Å². The molecule has 1 aromatic heterocycles. The Kier molecular flexibility index (Phi) is 10.9. The van der Waals surface area contributed by atoms with Crippen LogP contribution < -0.4 is 14.2 Å². The van der Waals surface area contributed by atoms with E-state index in [0.717, 1.165) is 12.1 Å². The first-order valence-electron chi connectivity index (χ1n) is 15.1. The van der Waals surface area contributed by atoms with Crippen molar-refractivity contribution in [1.82, 2.24) is 19.4 Å². The topological polar surface area (TPSA) is 185 Å². The van der Waals surface area contributed by atoms with E-state index in [0.29, 0.717) is 33.3 Å². The molecule has 0 bridgehead atoms. The zero-order chi connectivity index (χ0) is 38.8. The molecule has 1 aliphatic rings. The molecule has 1 saturated heterocycles. The monoisotopic (exact) mass is 784 g/mol. The number of para-hydroxylation sites is 2. The van der Waals surface area contributed by atoms with Crippen LogP contribution in [0.15, 0.2) is 102 Å². The molecule has 0 radical (unpaired) electrons. The second-order valence-corrected chi connectivity index (χ2v) is 14.9. The Bertz CT molecular complexity index is 2320. The van der Waals surface area contributed by atoms with Crippen molar-refractivity contribution < 1.29 is 62.6 Å². The maximum absolute atomic E-state index is 13.8. The molecule has 280 valence electrons. The Morgan fingerprint density at radius 2 is 1.55 bits per heavy atom. The van der Waals surface area contributed by atoms with Crippen LogP contribution in [0.5, 0.6) is 5.75 Å². The molecular formula is C33H26F6N4O8S2. The Morgan fingerprint density at radius 3 is 2.11 bits per heavy atom. The Hall–Kier alpha value is -5.47. The number of amides is 1. The molecule has 4 N–H and O–H groups in total. The normalized spacial score (nSPS) is 16.3. The van der Waals surface area contributed by atoms with E-state index in [4.69, 9.17) is 9.90 Å². The van der Waals surface area contributed by atoms with E-state index < -0.39 is 66.4 Å². The number of fused-ring (bicyclic) bond motifs is 1. The van der Waals surface area contributed by atoms with E-state index in [1.54, 1.807) is 66.7 Å². The molecular weight excluding hydrogens is 759 g/mol. The van der Waals surface area contributed by atoms with Gasteiger partial charge in [0.2, 0.25) is 26.0 Å². The number of H-pyrrole nitrogens is 1. The second-order valence-electron chi connectivity index (χ2n) is 11.4. The van der Waals surface area contributed by atoms with Crippen LogP contribution in [0, 0.1) is 0 Å². The number of hydrogen-bond acceptors (Lipinski definition) is 8. The van der Waals surface area contributed by atoms with Gasteiger partial charge in [-0.25, -0.2) is 31.3 Å². The number of carbonyl (C=O) groups excluding carboxylic acids is 1. The van der Waals surface area contributed by atoms with Gasteiger partial charge < -0.3 is 14.8 Å². The van der Waals surface area contributed by atoms with Gasteiger partial charge in [-0.05, 0) is 52.9 Å². The number of carboxylic acid groups (broad SMARTS) is 1. The fourth-order valence-electron chi connectivity index (χ4n) is 5.28.